The molecule has 0 spiro atoms. The first-order valence-electron chi connectivity index (χ1n) is 4.71. The van der Waals surface area contributed by atoms with Crippen LogP contribution in [0.15, 0.2) is 0 Å². The van der Waals surface area contributed by atoms with Crippen LogP contribution in [0, 0.1) is 12.0 Å². The Hall–Kier alpha value is -1.17. The Morgan fingerprint density at radius 1 is 1.38 bits per heavy atom. The average molecular weight is 181 g/mol. The summed E-state index contributed by atoms with van der Waals surface area (Å²) in [7, 11) is 0. The maximum atomic E-state index is 11.0. The number of carbonyl (C=O) groups is 1. The zero-order chi connectivity index (χ0) is 9.52. The molecular weight excluding hydrogens is 166 g/mol. The minimum Gasteiger partial charge on any atom is -0.446 e. The van der Waals surface area contributed by atoms with E-state index in [4.69, 9.17) is 4.74 Å². The molecule has 0 saturated heterocycles. The van der Waals surface area contributed by atoms with E-state index in [9.17, 15) is 4.79 Å². The number of alkyl carbamates (subject to hydrolysis) is 1. The molecule has 0 unspecified atom stereocenters. The van der Waals surface area contributed by atoms with Gasteiger partial charge < -0.3 is 4.74 Å². The predicted molar refractivity (Wildman–Crippen MR) is 49.9 cm³/mol. The molecular formula is C10H15NO2. The molecule has 0 heterocycles. The van der Waals surface area contributed by atoms with E-state index in [-0.39, 0.29) is 6.10 Å². The quantitative estimate of drug-likeness (QED) is 0.496. The highest BCUT2D eigenvalue weighted by molar-refractivity contribution is 5.69. The summed E-state index contributed by atoms with van der Waals surface area (Å²) in [6.07, 6.45) is 5.26. The third-order valence-corrected chi connectivity index (χ3v) is 2.12. The second-order valence-corrected chi connectivity index (χ2v) is 3.17. The van der Waals surface area contributed by atoms with Crippen LogP contribution in [0.2, 0.25) is 0 Å². The molecule has 0 aromatic rings. The summed E-state index contributed by atoms with van der Waals surface area (Å²) in [5.41, 5.74) is 0. The van der Waals surface area contributed by atoms with E-state index in [1.54, 1.807) is 6.92 Å². The molecule has 1 amide bonds. The van der Waals surface area contributed by atoms with E-state index in [0.717, 1.165) is 25.7 Å². The van der Waals surface area contributed by atoms with Crippen molar-refractivity contribution in [3.63, 3.8) is 0 Å². The fourth-order valence-corrected chi connectivity index (χ4v) is 1.48. The van der Waals surface area contributed by atoms with Crippen LogP contribution in [-0.2, 0) is 4.74 Å². The molecule has 13 heavy (non-hydrogen) atoms. The smallest absolute Gasteiger partial charge is 0.419 e. The highest BCUT2D eigenvalue weighted by Gasteiger charge is 2.16. The van der Waals surface area contributed by atoms with Gasteiger partial charge >= 0.3 is 6.09 Å². The lowest BCUT2D eigenvalue weighted by Crippen LogP contribution is -2.27. The number of nitrogens with one attached hydrogen (secondary N) is 1. The normalized spacial score (nSPS) is 17.0. The van der Waals surface area contributed by atoms with Crippen LogP contribution < -0.4 is 5.32 Å². The van der Waals surface area contributed by atoms with Crippen LogP contribution >= 0.6 is 0 Å². The second kappa shape index (κ2) is 5.47. The largest absolute Gasteiger partial charge is 0.446 e. The lowest BCUT2D eigenvalue weighted by atomic mass is 9.98. The van der Waals surface area contributed by atoms with Gasteiger partial charge in [-0.25, -0.2) is 10.1 Å². The van der Waals surface area contributed by atoms with Crippen LogP contribution in [0.3, 0.4) is 0 Å². The molecule has 1 rings (SSSR count). The predicted octanol–water partition coefficient (Wildman–Crippen LogP) is 2.03. The van der Waals surface area contributed by atoms with Crippen LogP contribution in [0.25, 0.3) is 0 Å². The maximum absolute atomic E-state index is 11.0. The van der Waals surface area contributed by atoms with Gasteiger partial charge in [0.2, 0.25) is 0 Å². The van der Waals surface area contributed by atoms with Crippen molar-refractivity contribution in [2.24, 2.45) is 0 Å². The topological polar surface area (TPSA) is 38.3 Å². The summed E-state index contributed by atoms with van der Waals surface area (Å²) in [6, 6.07) is 2.46. The zero-order valence-corrected chi connectivity index (χ0v) is 7.93. The third kappa shape index (κ3) is 3.84. The Balaban J connectivity index is 2.20. The fraction of sp³-hybridized carbons (Fsp3) is 0.700. The van der Waals surface area contributed by atoms with Crippen molar-refractivity contribution >= 4 is 6.09 Å². The lowest BCUT2D eigenvalue weighted by Gasteiger charge is -2.20. The van der Waals surface area contributed by atoms with Gasteiger partial charge in [-0.05, 0) is 32.6 Å². The summed E-state index contributed by atoms with van der Waals surface area (Å²) in [5.74, 6) is 2.57. The molecule has 0 aliphatic heterocycles. The molecule has 3 heteroatoms. The van der Waals surface area contributed by atoms with Crippen molar-refractivity contribution in [1.82, 2.24) is 5.32 Å². The van der Waals surface area contributed by atoms with Crippen molar-refractivity contribution < 1.29 is 9.53 Å². The third-order valence-electron chi connectivity index (χ3n) is 2.12. The molecule has 1 N–H and O–H groups in total. The molecule has 1 aliphatic carbocycles. The summed E-state index contributed by atoms with van der Waals surface area (Å²) in [6.45, 7) is 1.67. The van der Waals surface area contributed by atoms with Crippen molar-refractivity contribution in [1.29, 1.82) is 0 Å². The Labute approximate surface area is 78.8 Å². The zero-order valence-electron chi connectivity index (χ0n) is 7.93. The molecule has 72 valence electrons. The molecule has 0 atom stereocenters. The Kier molecular flexibility index (Phi) is 4.17. The van der Waals surface area contributed by atoms with Gasteiger partial charge in [0.25, 0.3) is 0 Å². The number of hydrogen-bond acceptors (Lipinski definition) is 2. The van der Waals surface area contributed by atoms with Gasteiger partial charge in [-0.2, -0.15) is 0 Å². The standard InChI is InChI=1S/C10H15NO2/c1-2-8-11-10(12)13-9-6-4-3-5-7-9/h9H,3-7H2,1H3,(H,11,12). The summed E-state index contributed by atoms with van der Waals surface area (Å²) in [4.78, 5) is 11.0. The molecule has 3 nitrogen and oxygen atoms in total. The van der Waals surface area contributed by atoms with E-state index >= 15 is 0 Å². The summed E-state index contributed by atoms with van der Waals surface area (Å²) < 4.78 is 5.14. The van der Waals surface area contributed by atoms with Crippen LogP contribution in [0.4, 0.5) is 4.79 Å². The number of ether oxygens (including phenoxy) is 1. The van der Waals surface area contributed by atoms with Gasteiger partial charge in [-0.3, -0.25) is 0 Å². The Morgan fingerprint density at radius 2 is 2.08 bits per heavy atom. The van der Waals surface area contributed by atoms with E-state index < -0.39 is 6.09 Å². The Morgan fingerprint density at radius 3 is 2.69 bits per heavy atom. The summed E-state index contributed by atoms with van der Waals surface area (Å²) in [5, 5.41) is 2.36. The van der Waals surface area contributed by atoms with Crippen molar-refractivity contribution in [2.45, 2.75) is 45.1 Å². The molecule has 1 saturated carbocycles. The van der Waals surface area contributed by atoms with Gasteiger partial charge in [-0.1, -0.05) is 12.3 Å². The fourth-order valence-electron chi connectivity index (χ4n) is 1.48. The van der Waals surface area contributed by atoms with E-state index in [2.05, 4.69) is 17.3 Å². The van der Waals surface area contributed by atoms with E-state index in [0.29, 0.717) is 0 Å². The number of carbonyl (C=O) groups excluding carboxylic acids is 1. The maximum Gasteiger partial charge on any atom is 0.419 e. The minimum absolute atomic E-state index is 0.104. The molecule has 1 fully saturated rings. The number of rotatable bonds is 1. The summed E-state index contributed by atoms with van der Waals surface area (Å²) >= 11 is 0. The van der Waals surface area contributed by atoms with Gasteiger partial charge in [-0.15, -0.1) is 0 Å². The minimum atomic E-state index is -0.416. The van der Waals surface area contributed by atoms with Gasteiger partial charge in [0.15, 0.2) is 0 Å². The molecule has 0 aromatic heterocycles. The Bertz CT molecular complexity index is 221. The van der Waals surface area contributed by atoms with Crippen LogP contribution in [-0.4, -0.2) is 12.2 Å². The molecule has 1 aliphatic rings. The first-order valence-corrected chi connectivity index (χ1v) is 4.71. The van der Waals surface area contributed by atoms with Gasteiger partial charge in [0, 0.05) is 6.04 Å². The van der Waals surface area contributed by atoms with Crippen molar-refractivity contribution in [3.8, 4) is 12.0 Å². The van der Waals surface area contributed by atoms with Gasteiger partial charge in [0.05, 0.1) is 0 Å². The van der Waals surface area contributed by atoms with Crippen molar-refractivity contribution in [3.05, 3.63) is 0 Å². The highest BCUT2D eigenvalue weighted by atomic mass is 16.6. The van der Waals surface area contributed by atoms with E-state index in [1.807, 2.05) is 0 Å². The number of amides is 1. The monoisotopic (exact) mass is 181 g/mol. The number of hydrogen-bond donors (Lipinski definition) is 1. The van der Waals surface area contributed by atoms with Crippen LogP contribution in [0.5, 0.6) is 0 Å². The van der Waals surface area contributed by atoms with Crippen LogP contribution in [0.1, 0.15) is 39.0 Å². The van der Waals surface area contributed by atoms with E-state index in [1.165, 1.54) is 6.42 Å². The first-order chi connectivity index (χ1) is 6.33. The average Bonchev–Trinajstić information content (AvgIpc) is 2.16. The molecule has 0 bridgehead atoms. The second-order valence-electron chi connectivity index (χ2n) is 3.17. The lowest BCUT2D eigenvalue weighted by molar-refractivity contribution is 0.0785. The highest BCUT2D eigenvalue weighted by Crippen LogP contribution is 2.20. The van der Waals surface area contributed by atoms with Gasteiger partial charge in [0.1, 0.15) is 6.10 Å². The van der Waals surface area contributed by atoms with Crippen molar-refractivity contribution in [2.75, 3.05) is 0 Å². The molecule has 0 radical (unpaired) electrons. The molecule has 0 aromatic carbocycles. The first kappa shape index (κ1) is 9.91. The SMILES string of the molecule is CC#CNC(=O)OC1CCCCC1.